The van der Waals surface area contributed by atoms with E-state index in [1.807, 2.05) is 6.07 Å². The number of imide groups is 1. The quantitative estimate of drug-likeness (QED) is 0.605. The minimum absolute atomic E-state index is 0.0534. The van der Waals surface area contributed by atoms with Gasteiger partial charge in [0.25, 0.3) is 5.91 Å². The number of nitrogens with zero attached hydrogens (tertiary/aromatic N) is 1. The highest BCUT2D eigenvalue weighted by Gasteiger charge is 2.48. The summed E-state index contributed by atoms with van der Waals surface area (Å²) in [7, 11) is 1.25. The molecular weight excluding hydrogens is 380 g/mol. The van der Waals surface area contributed by atoms with Gasteiger partial charge in [-0.2, -0.15) is 0 Å². The fourth-order valence-corrected chi connectivity index (χ4v) is 3.55. The first kappa shape index (κ1) is 18.9. The van der Waals surface area contributed by atoms with Crippen LogP contribution < -0.4 is 14.8 Å². The number of benzene rings is 1. The maximum atomic E-state index is 13.0. The first-order chi connectivity index (χ1) is 13.8. The van der Waals surface area contributed by atoms with Gasteiger partial charge in [-0.3, -0.25) is 9.69 Å². The number of hydrogen-bond donors (Lipinski definition) is 1. The highest BCUT2D eigenvalue weighted by atomic mass is 16.7. The maximum Gasteiger partial charge on any atom is 0.374 e. The van der Waals surface area contributed by atoms with E-state index >= 15 is 0 Å². The Labute approximate surface area is 166 Å². The molecule has 29 heavy (non-hydrogen) atoms. The average molecular weight is 400 g/mol. The van der Waals surface area contributed by atoms with Crippen molar-refractivity contribution in [3.05, 3.63) is 46.9 Å². The molecule has 1 aromatic heterocycles. The lowest BCUT2D eigenvalue weighted by Gasteiger charge is -2.21. The van der Waals surface area contributed by atoms with Crippen LogP contribution in [0.1, 0.15) is 34.4 Å². The highest BCUT2D eigenvalue weighted by Crippen LogP contribution is 2.34. The van der Waals surface area contributed by atoms with E-state index in [-0.39, 0.29) is 31.4 Å². The normalized spacial score (nSPS) is 20.2. The first-order valence-corrected chi connectivity index (χ1v) is 9.01. The van der Waals surface area contributed by atoms with Gasteiger partial charge in [-0.25, -0.2) is 9.59 Å². The van der Waals surface area contributed by atoms with E-state index in [0.29, 0.717) is 22.8 Å². The molecule has 3 amide bonds. The van der Waals surface area contributed by atoms with Crippen LogP contribution in [-0.2, 0) is 22.5 Å². The second kappa shape index (κ2) is 6.84. The minimum Gasteiger partial charge on any atom is -0.463 e. The zero-order valence-corrected chi connectivity index (χ0v) is 16.2. The number of urea groups is 1. The van der Waals surface area contributed by atoms with Gasteiger partial charge in [0.1, 0.15) is 11.3 Å². The number of amides is 3. The average Bonchev–Trinajstić information content (AvgIpc) is 3.34. The van der Waals surface area contributed by atoms with E-state index in [9.17, 15) is 14.4 Å². The maximum absolute atomic E-state index is 13.0. The van der Waals surface area contributed by atoms with Crippen molar-refractivity contribution in [1.82, 2.24) is 10.2 Å². The van der Waals surface area contributed by atoms with E-state index in [1.165, 1.54) is 7.11 Å². The highest BCUT2D eigenvalue weighted by molar-refractivity contribution is 6.06. The van der Waals surface area contributed by atoms with Gasteiger partial charge in [0, 0.05) is 12.0 Å². The predicted octanol–water partition coefficient (Wildman–Crippen LogP) is 2.16. The summed E-state index contributed by atoms with van der Waals surface area (Å²) in [6.45, 7) is 3.44. The second-order valence-corrected chi connectivity index (χ2v) is 7.23. The van der Waals surface area contributed by atoms with Crippen molar-refractivity contribution in [3.63, 3.8) is 0 Å². The van der Waals surface area contributed by atoms with E-state index in [4.69, 9.17) is 13.9 Å². The number of nitrogens with one attached hydrogen (secondary N) is 1. The number of esters is 1. The van der Waals surface area contributed by atoms with E-state index in [2.05, 4.69) is 10.1 Å². The van der Waals surface area contributed by atoms with Crippen molar-refractivity contribution in [3.8, 4) is 11.5 Å². The lowest BCUT2D eigenvalue weighted by atomic mass is 9.92. The Hall–Kier alpha value is -3.49. The number of carbonyl (C=O) groups is 3. The summed E-state index contributed by atoms with van der Waals surface area (Å²) < 4.78 is 20.8. The van der Waals surface area contributed by atoms with Gasteiger partial charge in [-0.15, -0.1) is 0 Å². The molecule has 9 nitrogen and oxygen atoms in total. The molecule has 0 aliphatic carbocycles. The molecule has 2 aliphatic rings. The molecule has 152 valence electrons. The molecule has 9 heteroatoms. The fourth-order valence-electron chi connectivity index (χ4n) is 3.55. The number of aryl methyl sites for hydroxylation is 1. The topological polar surface area (TPSA) is 107 Å². The third-order valence-electron chi connectivity index (χ3n) is 4.99. The summed E-state index contributed by atoms with van der Waals surface area (Å²) in [6, 6.07) is 6.50. The van der Waals surface area contributed by atoms with Crippen LogP contribution in [0.15, 0.2) is 28.7 Å². The molecule has 4 rings (SSSR count). The molecule has 1 saturated heterocycles. The van der Waals surface area contributed by atoms with Crippen LogP contribution in [0.25, 0.3) is 0 Å². The molecule has 1 aromatic carbocycles. The number of furan rings is 1. The molecule has 0 bridgehead atoms. The number of ether oxygens (including phenoxy) is 3. The number of rotatable bonds is 5. The standard InChI is InChI=1S/C20H20N2O7/c1-11-6-13(29-16(11)17(23)26-3)9-22-18(24)20(2,21-19(22)25)8-12-4-5-14-15(7-12)28-10-27-14/h4-7H,8-10H2,1-3H3,(H,21,25)/t20-/m1/s1. The molecule has 0 spiro atoms. The summed E-state index contributed by atoms with van der Waals surface area (Å²) in [5.41, 5.74) is 0.286. The summed E-state index contributed by atoms with van der Waals surface area (Å²) in [6.07, 6.45) is 0.287. The van der Waals surface area contributed by atoms with Gasteiger partial charge in [-0.05, 0) is 37.6 Å². The third-order valence-corrected chi connectivity index (χ3v) is 4.99. The SMILES string of the molecule is COC(=O)c1oc(CN2C(=O)N[C@](C)(Cc3ccc4c(c3)OCO4)C2=O)cc1C. The van der Waals surface area contributed by atoms with Crippen LogP contribution in [0, 0.1) is 6.92 Å². The first-order valence-electron chi connectivity index (χ1n) is 9.01. The van der Waals surface area contributed by atoms with Crippen molar-refractivity contribution < 1.29 is 33.0 Å². The molecule has 2 aromatic rings. The smallest absolute Gasteiger partial charge is 0.374 e. The van der Waals surface area contributed by atoms with E-state index in [1.54, 1.807) is 32.0 Å². The van der Waals surface area contributed by atoms with E-state index < -0.39 is 17.5 Å². The molecule has 0 saturated carbocycles. The van der Waals surface area contributed by atoms with Crippen molar-refractivity contribution >= 4 is 17.9 Å². The predicted molar refractivity (Wildman–Crippen MR) is 98.5 cm³/mol. The molecular formula is C20H20N2O7. The van der Waals surface area contributed by atoms with E-state index in [0.717, 1.165) is 10.5 Å². The van der Waals surface area contributed by atoms with Crippen molar-refractivity contribution in [2.45, 2.75) is 32.4 Å². The Morgan fingerprint density at radius 2 is 2.00 bits per heavy atom. The fraction of sp³-hybridized carbons (Fsp3) is 0.350. The van der Waals surface area contributed by atoms with Gasteiger partial charge in [0.05, 0.1) is 13.7 Å². The van der Waals surface area contributed by atoms with Gasteiger partial charge < -0.3 is 23.9 Å². The number of fused-ring (bicyclic) bond motifs is 1. The summed E-state index contributed by atoms with van der Waals surface area (Å²) in [5.74, 6) is 0.641. The lowest BCUT2D eigenvalue weighted by Crippen LogP contribution is -2.45. The Bertz CT molecular complexity index is 1010. The van der Waals surface area contributed by atoms with Crippen LogP contribution in [0.5, 0.6) is 11.5 Å². The Morgan fingerprint density at radius 3 is 2.76 bits per heavy atom. The van der Waals surface area contributed by atoms with Gasteiger partial charge in [-0.1, -0.05) is 6.07 Å². The zero-order valence-electron chi connectivity index (χ0n) is 16.2. The lowest BCUT2D eigenvalue weighted by molar-refractivity contribution is -0.131. The number of hydrogen-bond acceptors (Lipinski definition) is 7. The summed E-state index contributed by atoms with van der Waals surface area (Å²) in [4.78, 5) is 38.3. The molecule has 1 atom stereocenters. The molecule has 3 heterocycles. The van der Waals surface area contributed by atoms with Crippen LogP contribution >= 0.6 is 0 Å². The van der Waals surface area contributed by atoms with Crippen molar-refractivity contribution in [2.24, 2.45) is 0 Å². The zero-order chi connectivity index (χ0) is 20.8. The largest absolute Gasteiger partial charge is 0.463 e. The molecule has 1 fully saturated rings. The Balaban J connectivity index is 1.52. The number of methoxy groups -OCH3 is 1. The Morgan fingerprint density at radius 1 is 1.24 bits per heavy atom. The second-order valence-electron chi connectivity index (χ2n) is 7.23. The van der Waals surface area contributed by atoms with Crippen LogP contribution in [0.4, 0.5) is 4.79 Å². The van der Waals surface area contributed by atoms with Crippen molar-refractivity contribution in [2.75, 3.05) is 13.9 Å². The van der Waals surface area contributed by atoms with Gasteiger partial charge >= 0.3 is 12.0 Å². The molecule has 1 N–H and O–H groups in total. The summed E-state index contributed by atoms with van der Waals surface area (Å²) >= 11 is 0. The minimum atomic E-state index is -1.11. The third kappa shape index (κ3) is 3.28. The van der Waals surface area contributed by atoms with Crippen LogP contribution in [-0.4, -0.2) is 42.2 Å². The monoisotopic (exact) mass is 400 g/mol. The summed E-state index contributed by atoms with van der Waals surface area (Å²) in [5, 5.41) is 2.75. The Kier molecular flexibility index (Phi) is 4.45. The van der Waals surface area contributed by atoms with Crippen LogP contribution in [0.2, 0.25) is 0 Å². The molecule has 0 unspecified atom stereocenters. The van der Waals surface area contributed by atoms with Gasteiger partial charge in [0.15, 0.2) is 11.5 Å². The van der Waals surface area contributed by atoms with Crippen molar-refractivity contribution in [1.29, 1.82) is 0 Å². The van der Waals surface area contributed by atoms with Gasteiger partial charge in [0.2, 0.25) is 12.6 Å². The van der Waals surface area contributed by atoms with Crippen LogP contribution in [0.3, 0.4) is 0 Å². The number of carbonyl (C=O) groups excluding carboxylic acids is 3. The molecule has 2 aliphatic heterocycles. The molecule has 0 radical (unpaired) electrons.